The van der Waals surface area contributed by atoms with Crippen LogP contribution >= 0.6 is 0 Å². The van der Waals surface area contributed by atoms with Gasteiger partial charge < -0.3 is 19.7 Å². The molecule has 16 nitrogen and oxygen atoms in total. The van der Waals surface area contributed by atoms with Gasteiger partial charge in [0, 0.05) is 160 Å². The van der Waals surface area contributed by atoms with E-state index >= 15 is 0 Å². The lowest BCUT2D eigenvalue weighted by Crippen LogP contribution is -2.56. The largest absolute Gasteiger partial charge is 0.508 e. The van der Waals surface area contributed by atoms with Crippen LogP contribution in [0.5, 0.6) is 23.0 Å². The summed E-state index contributed by atoms with van der Waals surface area (Å²) in [6.45, 7) is 33.4. The van der Waals surface area contributed by atoms with E-state index in [9.17, 15) is 47.0 Å². The van der Waals surface area contributed by atoms with Crippen LogP contribution in [0.4, 0.5) is 17.6 Å². The van der Waals surface area contributed by atoms with Gasteiger partial charge in [0.05, 0.1) is 38.4 Å². The molecule has 0 amide bonds. The number of aromatic hydroxyl groups is 2. The molecular weight excluding hydrogens is 1690 g/mol. The molecule has 4 heterocycles. The number of hydrogen-bond acceptors (Lipinski definition) is 16. The number of hydrogen-bond donors (Lipinski definition) is 2. The number of phenols is 2. The van der Waals surface area contributed by atoms with E-state index < -0.39 is 0 Å². The fourth-order valence-electron chi connectivity index (χ4n) is 19.6. The Morgan fingerprint density at radius 1 is 0.284 bits per heavy atom. The minimum atomic E-state index is -0.204. The fourth-order valence-corrected chi connectivity index (χ4v) is 19.6. The molecule has 0 unspecified atom stereocenters. The lowest BCUT2D eigenvalue weighted by molar-refractivity contribution is 0.0190. The van der Waals surface area contributed by atoms with Crippen LogP contribution in [0.3, 0.4) is 0 Å². The van der Waals surface area contributed by atoms with Gasteiger partial charge in [0.25, 0.3) is 0 Å². The Hall–Kier alpha value is -12.1. The van der Waals surface area contributed by atoms with E-state index in [2.05, 4.69) is 143 Å². The molecule has 16 rings (SSSR count). The first-order valence-electron chi connectivity index (χ1n) is 46.6. The van der Waals surface area contributed by atoms with Crippen LogP contribution in [0, 0.1) is 23.3 Å². The van der Waals surface area contributed by atoms with Crippen LogP contribution in [0.25, 0.3) is 0 Å². The van der Waals surface area contributed by atoms with Crippen molar-refractivity contribution in [2.45, 2.75) is 182 Å². The first-order chi connectivity index (χ1) is 64.4. The smallest absolute Gasteiger partial charge is 0.159 e. The van der Waals surface area contributed by atoms with Gasteiger partial charge in [-0.1, -0.05) is 206 Å². The number of ether oxygens (including phenoxy) is 2. The molecule has 4 fully saturated rings. The van der Waals surface area contributed by atoms with Gasteiger partial charge in [-0.25, -0.2) is 17.6 Å². The van der Waals surface area contributed by atoms with Crippen LogP contribution < -0.4 is 9.47 Å². The highest BCUT2D eigenvalue weighted by Crippen LogP contribution is 2.42. The van der Waals surface area contributed by atoms with Crippen LogP contribution in [-0.2, 0) is 26.2 Å². The van der Waals surface area contributed by atoms with Gasteiger partial charge in [-0.2, -0.15) is 0 Å². The third-order valence-corrected chi connectivity index (χ3v) is 26.9. The average Bonchev–Trinajstić information content (AvgIpc) is 0.794. The van der Waals surface area contributed by atoms with Gasteiger partial charge >= 0.3 is 0 Å². The molecule has 4 saturated heterocycles. The van der Waals surface area contributed by atoms with Gasteiger partial charge in [-0.15, -0.1) is 0 Å². The number of nitrogens with zero attached hydrogens (tertiary/aromatic N) is 8. The number of carbonyl (C=O) groups excluding carboxylic acids is 4. The number of benzene rings is 12. The minimum Gasteiger partial charge on any atom is -0.508 e. The maximum absolute atomic E-state index is 14.3. The Kier molecular flexibility index (Phi) is 34.3. The Morgan fingerprint density at radius 3 is 0.791 bits per heavy atom. The lowest BCUT2D eigenvalue weighted by Gasteiger charge is -2.47. The molecule has 0 spiro atoms. The monoisotopic (exact) mass is 1810 g/mol. The predicted molar refractivity (Wildman–Crippen MR) is 525 cm³/mol. The molecule has 700 valence electrons. The standard InChI is InChI=1S/2C29H33FN2O2.2C28H31FN2O2/c1-20-18-32(21(2)17-31(20)19-23-7-5-9-27(30)15-23)29(26-8-6-10-28(16-26)34-4)25-13-11-24(12-14-25)22(3)33;1-20-18-32(21(2)17-31(20)19-26-8-5-6-11-28(26)30)29(25-9-7-10-27(16-25)34-4)24-14-12-23(13-15-24)22(3)33;1-19-17-31(20(2)16-30(19)18-22-6-4-8-26(29)14-22)28(25-7-5-9-27(33)15-25)24-12-10-23(11-13-24)21(3)32;1-19-17-31(20(2)16-30(19)18-25-7-4-5-10-27(25)29)28(24-8-6-9-26(33)15-24)23-13-11-22(12-14-23)21(3)32/h2*5-16,20-21,29H,17-19H2,1-4H3;2*4-15,19-20,28,33H,16-18H2,1-3H3/t2*20-,21+,29-;2*19-,20+,28-/m1111/s1. The van der Waals surface area contributed by atoms with E-state index in [-0.39, 0.29) is 124 Å². The van der Waals surface area contributed by atoms with Crippen molar-refractivity contribution in [1.82, 2.24) is 39.2 Å². The van der Waals surface area contributed by atoms with E-state index in [0.717, 1.165) is 137 Å². The summed E-state index contributed by atoms with van der Waals surface area (Å²) in [4.78, 5) is 66.7. The number of phenolic OH excluding ortho intramolecular Hbond substituents is 2. The van der Waals surface area contributed by atoms with E-state index in [0.29, 0.717) is 47.9 Å². The van der Waals surface area contributed by atoms with Crippen molar-refractivity contribution in [3.63, 3.8) is 0 Å². The molecule has 0 bridgehead atoms. The summed E-state index contributed by atoms with van der Waals surface area (Å²) in [5.74, 6) is 1.63. The van der Waals surface area contributed by atoms with Crippen molar-refractivity contribution in [3.8, 4) is 23.0 Å². The highest BCUT2D eigenvalue weighted by molar-refractivity contribution is 5.95. The first-order valence-corrected chi connectivity index (χ1v) is 46.6. The SMILES string of the molecule is CC(=O)c1ccc([C@H](c2cccc(O)c2)N2C[C@@H](C)N(Cc3cccc(F)c3)C[C@@H]2C)cc1.CC(=O)c1ccc([C@H](c2cccc(O)c2)N2C[C@@H](C)N(Cc3ccccc3F)C[C@@H]2C)cc1.COc1cccc([C@@H](c2ccc(C(C)=O)cc2)N2C[C@@H](C)N(Cc3cccc(F)c3)C[C@@H]2C)c1.COc1cccc([C@@H](c2ccc(C(C)=O)cc2)N2C[C@@H](C)N(Cc3ccccc3F)C[C@@H]2C)c1. The Bertz CT molecular complexity index is 5930. The minimum absolute atomic E-state index is 0.0177. The Labute approximate surface area is 789 Å². The summed E-state index contributed by atoms with van der Waals surface area (Å²) in [7, 11) is 3.37. The molecule has 0 aromatic heterocycles. The quantitative estimate of drug-likeness (QED) is 0.0390. The number of Topliss-reactive ketones (excluding diaryl/α,β-unsaturated/α-hetero) is 4. The summed E-state index contributed by atoms with van der Waals surface area (Å²) in [5.41, 5.74) is 15.0. The number of piperazine rings is 4. The second kappa shape index (κ2) is 46.2. The molecule has 0 aliphatic carbocycles. The molecule has 4 aliphatic heterocycles. The van der Waals surface area contributed by atoms with Gasteiger partial charge in [0.2, 0.25) is 0 Å². The van der Waals surface area contributed by atoms with Crippen molar-refractivity contribution in [2.24, 2.45) is 0 Å². The lowest BCUT2D eigenvalue weighted by atomic mass is 9.92. The second-order valence-electron chi connectivity index (χ2n) is 36.8. The average molecular weight is 1810 g/mol. The molecule has 0 saturated carbocycles. The maximum atomic E-state index is 14.3. The number of halogens is 4. The van der Waals surface area contributed by atoms with E-state index in [1.807, 2.05) is 170 Å². The van der Waals surface area contributed by atoms with Gasteiger partial charge in [0.15, 0.2) is 23.1 Å². The normalized spacial score (nSPS) is 20.3. The zero-order valence-corrected chi connectivity index (χ0v) is 79.6. The summed E-state index contributed by atoms with van der Waals surface area (Å²) >= 11 is 0. The third-order valence-electron chi connectivity index (χ3n) is 26.9. The molecule has 4 aliphatic rings. The molecule has 2 N–H and O–H groups in total. The predicted octanol–water partition coefficient (Wildman–Crippen LogP) is 22.3. The molecule has 0 radical (unpaired) electrons. The van der Waals surface area contributed by atoms with Crippen LogP contribution in [0.1, 0.15) is 215 Å². The number of carbonyl (C=O) groups is 4. The van der Waals surface area contributed by atoms with Gasteiger partial charge in [-0.3, -0.25) is 58.4 Å². The summed E-state index contributed by atoms with van der Waals surface area (Å²) in [6.07, 6.45) is 0. The Balaban J connectivity index is 0.000000152. The summed E-state index contributed by atoms with van der Waals surface area (Å²) in [5, 5.41) is 20.3. The van der Waals surface area contributed by atoms with E-state index in [4.69, 9.17) is 9.47 Å². The number of methoxy groups -OCH3 is 2. The first kappa shape index (κ1) is 99.4. The molecular formula is C114H128F4N8O8. The zero-order valence-electron chi connectivity index (χ0n) is 79.6. The van der Waals surface area contributed by atoms with E-state index in [1.54, 1.807) is 90.4 Å². The van der Waals surface area contributed by atoms with Crippen LogP contribution in [0.2, 0.25) is 0 Å². The van der Waals surface area contributed by atoms with Crippen LogP contribution in [0.15, 0.2) is 291 Å². The number of rotatable bonds is 26. The molecule has 12 atom stereocenters. The summed E-state index contributed by atoms with van der Waals surface area (Å²) in [6, 6.07) is 92.3. The second-order valence-corrected chi connectivity index (χ2v) is 36.8. The van der Waals surface area contributed by atoms with Crippen molar-refractivity contribution in [1.29, 1.82) is 0 Å². The maximum Gasteiger partial charge on any atom is 0.159 e. The highest BCUT2D eigenvalue weighted by Gasteiger charge is 2.41. The van der Waals surface area contributed by atoms with Gasteiger partial charge in [-0.05, 0) is 224 Å². The molecule has 134 heavy (non-hydrogen) atoms. The Morgan fingerprint density at radius 2 is 0.537 bits per heavy atom. The fraction of sp³-hybridized carbons (Fsp3) is 0.333. The molecule has 20 heteroatoms. The van der Waals surface area contributed by atoms with Crippen molar-refractivity contribution >= 4 is 23.1 Å². The topological polar surface area (TPSA) is 153 Å². The summed E-state index contributed by atoms with van der Waals surface area (Å²) < 4.78 is 67.0. The molecule has 12 aromatic rings. The zero-order chi connectivity index (χ0) is 95.6. The highest BCUT2D eigenvalue weighted by atomic mass is 19.1. The number of ketones is 4. The van der Waals surface area contributed by atoms with Crippen LogP contribution in [-0.4, -0.2) is 187 Å². The van der Waals surface area contributed by atoms with Crippen molar-refractivity contribution in [2.75, 3.05) is 66.6 Å². The van der Waals surface area contributed by atoms with Gasteiger partial charge in [0.1, 0.15) is 46.3 Å². The third kappa shape index (κ3) is 25.5. The molecule has 12 aromatic carbocycles. The van der Waals surface area contributed by atoms with Crippen molar-refractivity contribution in [3.05, 3.63) is 403 Å². The van der Waals surface area contributed by atoms with E-state index in [1.165, 1.54) is 24.3 Å². The van der Waals surface area contributed by atoms with Crippen molar-refractivity contribution < 1.29 is 56.4 Å².